The maximum atomic E-state index is 10.5. The smallest absolute Gasteiger partial charge is 0.104 e. The van der Waals surface area contributed by atoms with Crippen LogP contribution in [0.3, 0.4) is 0 Å². The Balaban J connectivity index is 0.855. The largest absolute Gasteiger partial charge is 0.388 e. The van der Waals surface area contributed by atoms with E-state index in [1.54, 1.807) is 0 Å². The van der Waals surface area contributed by atoms with Crippen LogP contribution in [-0.2, 0) is 23.7 Å². The second kappa shape index (κ2) is 16.6. The molecule has 1 saturated heterocycles. The quantitative estimate of drug-likeness (QED) is 0.220. The van der Waals surface area contributed by atoms with E-state index in [0.29, 0.717) is 43.7 Å². The van der Waals surface area contributed by atoms with Gasteiger partial charge in [0.25, 0.3) is 0 Å². The van der Waals surface area contributed by atoms with Crippen molar-refractivity contribution in [3.8, 4) is 0 Å². The van der Waals surface area contributed by atoms with Gasteiger partial charge in [0.05, 0.1) is 50.8 Å². The van der Waals surface area contributed by atoms with Gasteiger partial charge in [-0.15, -0.1) is 0 Å². The van der Waals surface area contributed by atoms with Crippen LogP contribution < -0.4 is 0 Å². The highest BCUT2D eigenvalue weighted by Gasteiger charge is 2.30. The van der Waals surface area contributed by atoms with Gasteiger partial charge in [-0.2, -0.15) is 0 Å². The topological polar surface area (TPSA) is 69.7 Å². The van der Waals surface area contributed by atoms with Crippen molar-refractivity contribution in [2.45, 2.75) is 159 Å². The van der Waals surface area contributed by atoms with Gasteiger partial charge in [-0.25, -0.2) is 0 Å². The Kier molecular flexibility index (Phi) is 12.9. The lowest BCUT2D eigenvalue weighted by molar-refractivity contribution is -0.0784. The van der Waals surface area contributed by atoms with Crippen molar-refractivity contribution in [3.63, 3.8) is 0 Å². The molecule has 0 spiro atoms. The Morgan fingerprint density at radius 1 is 0.550 bits per heavy atom. The summed E-state index contributed by atoms with van der Waals surface area (Å²) in [6.07, 6.45) is 24.4. The average molecular weight is 565 g/mol. The van der Waals surface area contributed by atoms with Crippen LogP contribution in [0.4, 0.5) is 0 Å². The number of aliphatic hydroxyl groups is 1. The minimum atomic E-state index is -0.500. The molecule has 0 aromatic carbocycles. The summed E-state index contributed by atoms with van der Waals surface area (Å²) in [7, 11) is 0. The van der Waals surface area contributed by atoms with E-state index in [4.69, 9.17) is 23.7 Å². The molecule has 40 heavy (non-hydrogen) atoms. The fraction of sp³-hybridized carbons (Fsp3) is 1.00. The molecule has 0 aromatic heterocycles. The number of ether oxygens (including phenoxy) is 5. The molecule has 1 N–H and O–H groups in total. The van der Waals surface area contributed by atoms with Crippen molar-refractivity contribution >= 4 is 0 Å². The molecule has 1 heterocycles. The first-order valence-electron chi connectivity index (χ1n) is 17.4. The van der Waals surface area contributed by atoms with Gasteiger partial charge in [0.2, 0.25) is 0 Å². The van der Waals surface area contributed by atoms with E-state index >= 15 is 0 Å². The van der Waals surface area contributed by atoms with E-state index < -0.39 is 6.10 Å². The summed E-state index contributed by atoms with van der Waals surface area (Å²) in [6, 6.07) is 0. The van der Waals surface area contributed by atoms with Crippen LogP contribution in [0.15, 0.2) is 0 Å². The molecule has 1 aliphatic heterocycles. The Morgan fingerprint density at radius 3 is 1.25 bits per heavy atom. The van der Waals surface area contributed by atoms with E-state index in [1.165, 1.54) is 89.9 Å². The third-order valence-corrected chi connectivity index (χ3v) is 10.9. The van der Waals surface area contributed by atoms with Gasteiger partial charge in [-0.1, -0.05) is 0 Å². The van der Waals surface area contributed by atoms with Crippen molar-refractivity contribution in [3.05, 3.63) is 0 Å². The summed E-state index contributed by atoms with van der Waals surface area (Å²) in [5.41, 5.74) is 0. The summed E-state index contributed by atoms with van der Waals surface area (Å²) in [5.74, 6) is 3.51. The summed E-state index contributed by atoms with van der Waals surface area (Å²) in [5, 5.41) is 10.5. The number of hydrogen-bond donors (Lipinski definition) is 1. The van der Waals surface area contributed by atoms with E-state index in [0.717, 1.165) is 69.2 Å². The predicted octanol–water partition coefficient (Wildman–Crippen LogP) is 6.85. The molecule has 2 unspecified atom stereocenters. The maximum Gasteiger partial charge on any atom is 0.104 e. The average Bonchev–Trinajstić information content (AvgIpc) is 3.82. The van der Waals surface area contributed by atoms with Crippen LogP contribution in [0.5, 0.6) is 0 Å². The number of rotatable bonds is 15. The Morgan fingerprint density at radius 2 is 0.900 bits per heavy atom. The molecule has 0 aromatic rings. The summed E-state index contributed by atoms with van der Waals surface area (Å²) < 4.78 is 29.4. The zero-order valence-corrected chi connectivity index (χ0v) is 25.5. The van der Waals surface area contributed by atoms with Gasteiger partial charge in [0, 0.05) is 6.61 Å². The monoisotopic (exact) mass is 564 g/mol. The van der Waals surface area contributed by atoms with Gasteiger partial charge >= 0.3 is 0 Å². The van der Waals surface area contributed by atoms with E-state index in [-0.39, 0.29) is 0 Å². The van der Waals surface area contributed by atoms with Crippen LogP contribution in [0.1, 0.15) is 122 Å². The van der Waals surface area contributed by atoms with Crippen LogP contribution in [0, 0.1) is 23.7 Å². The highest BCUT2D eigenvalue weighted by molar-refractivity contribution is 4.81. The van der Waals surface area contributed by atoms with Gasteiger partial charge < -0.3 is 28.8 Å². The summed E-state index contributed by atoms with van der Waals surface area (Å²) >= 11 is 0. The third kappa shape index (κ3) is 10.8. The van der Waals surface area contributed by atoms with Crippen LogP contribution in [0.2, 0.25) is 0 Å². The SMILES string of the molecule is CCOC1CCC(CC2CCC(OCC(O)COC3CCC(CC4CCC(OCC5CO5)CC4)CC3)CC2)CC1. The van der Waals surface area contributed by atoms with Gasteiger partial charge in [0.1, 0.15) is 12.2 Å². The molecule has 2 atom stereocenters. The highest BCUT2D eigenvalue weighted by atomic mass is 16.6. The minimum Gasteiger partial charge on any atom is -0.388 e. The first kappa shape index (κ1) is 31.2. The lowest BCUT2D eigenvalue weighted by Gasteiger charge is -2.34. The molecule has 4 aliphatic carbocycles. The van der Waals surface area contributed by atoms with Crippen molar-refractivity contribution in [1.82, 2.24) is 0 Å². The van der Waals surface area contributed by atoms with Crippen molar-refractivity contribution in [2.24, 2.45) is 23.7 Å². The van der Waals surface area contributed by atoms with Crippen LogP contribution >= 0.6 is 0 Å². The zero-order chi connectivity index (χ0) is 27.6. The van der Waals surface area contributed by atoms with Gasteiger partial charge in [-0.3, -0.25) is 0 Å². The first-order chi connectivity index (χ1) is 19.6. The lowest BCUT2D eigenvalue weighted by atomic mass is 9.76. The van der Waals surface area contributed by atoms with Gasteiger partial charge in [0.15, 0.2) is 0 Å². The normalized spacial score (nSPS) is 39.6. The van der Waals surface area contributed by atoms with E-state index in [2.05, 4.69) is 6.92 Å². The molecular formula is C34H60O6. The summed E-state index contributed by atoms with van der Waals surface area (Å²) in [6.45, 7) is 5.51. The molecule has 5 fully saturated rings. The molecule has 0 bridgehead atoms. The molecule has 5 aliphatic rings. The van der Waals surface area contributed by atoms with E-state index in [9.17, 15) is 5.11 Å². The second-order valence-corrected chi connectivity index (χ2v) is 14.1. The number of epoxide rings is 1. The van der Waals surface area contributed by atoms with E-state index in [1.807, 2.05) is 0 Å². The van der Waals surface area contributed by atoms with Crippen molar-refractivity contribution in [2.75, 3.05) is 33.0 Å². The van der Waals surface area contributed by atoms with Crippen molar-refractivity contribution in [1.29, 1.82) is 0 Å². The standard InChI is InChI=1S/C34H60O6/c1-2-36-30-11-3-25(4-12-30)19-26-5-13-31(14-6-26)37-21-29(35)22-38-32-15-7-27(8-16-32)20-28-9-17-33(18-10-28)39-23-34-24-40-34/h25-35H,2-24H2,1H3. The maximum absolute atomic E-state index is 10.5. The molecule has 0 radical (unpaired) electrons. The zero-order valence-electron chi connectivity index (χ0n) is 25.5. The minimum absolute atomic E-state index is 0.318. The fourth-order valence-electron chi connectivity index (χ4n) is 8.27. The van der Waals surface area contributed by atoms with Gasteiger partial charge in [-0.05, 0) is 146 Å². The molecule has 5 rings (SSSR count). The lowest BCUT2D eigenvalue weighted by Crippen LogP contribution is -2.31. The molecule has 6 heteroatoms. The molecule has 6 nitrogen and oxygen atoms in total. The predicted molar refractivity (Wildman–Crippen MR) is 157 cm³/mol. The third-order valence-electron chi connectivity index (χ3n) is 10.9. The first-order valence-corrected chi connectivity index (χ1v) is 17.4. The van der Waals surface area contributed by atoms with Crippen LogP contribution in [0.25, 0.3) is 0 Å². The van der Waals surface area contributed by atoms with Crippen molar-refractivity contribution < 1.29 is 28.8 Å². The number of aliphatic hydroxyl groups excluding tert-OH is 1. The Labute approximate surface area is 244 Å². The second-order valence-electron chi connectivity index (χ2n) is 14.1. The van der Waals surface area contributed by atoms with Crippen LogP contribution in [-0.4, -0.2) is 74.8 Å². The highest BCUT2D eigenvalue weighted by Crippen LogP contribution is 2.38. The molecular weight excluding hydrogens is 504 g/mol. The summed E-state index contributed by atoms with van der Waals surface area (Å²) in [4.78, 5) is 0. The molecule has 0 amide bonds. The Hall–Kier alpha value is -0.240. The fourth-order valence-corrected chi connectivity index (χ4v) is 8.27. The molecule has 232 valence electrons. The number of hydrogen-bond acceptors (Lipinski definition) is 6. The molecule has 4 saturated carbocycles. The Bertz CT molecular complexity index is 668.